The fraction of sp³-hybridized carbons (Fsp3) is 0.350. The van der Waals surface area contributed by atoms with Crippen LogP contribution in [0.25, 0.3) is 0 Å². The van der Waals surface area contributed by atoms with Crippen molar-refractivity contribution in [3.05, 3.63) is 70.5 Å². The molecule has 2 saturated heterocycles. The minimum atomic E-state index is -0.346. The highest BCUT2D eigenvalue weighted by Crippen LogP contribution is 2.33. The number of morpholine rings is 1. The molecule has 0 bridgehead atoms. The molecule has 2 aromatic carbocycles. The Morgan fingerprint density at radius 2 is 1.81 bits per heavy atom. The summed E-state index contributed by atoms with van der Waals surface area (Å²) in [5, 5.41) is 12.2. The normalized spacial score (nSPS) is 25.8. The molecule has 3 N–H and O–H groups in total. The van der Waals surface area contributed by atoms with Crippen molar-refractivity contribution in [1.82, 2.24) is 16.2 Å². The van der Waals surface area contributed by atoms with Crippen molar-refractivity contribution in [3.63, 3.8) is 0 Å². The van der Waals surface area contributed by atoms with Gasteiger partial charge >= 0.3 is 0 Å². The number of hydrazine groups is 1. The summed E-state index contributed by atoms with van der Waals surface area (Å²) in [6.07, 6.45) is 0.844. The van der Waals surface area contributed by atoms with Crippen molar-refractivity contribution in [2.24, 2.45) is 0 Å². The summed E-state index contributed by atoms with van der Waals surface area (Å²) in [5.41, 5.74) is 9.66. The molecule has 0 aromatic heterocycles. The molecule has 2 fully saturated rings. The summed E-state index contributed by atoms with van der Waals surface area (Å²) >= 11 is 0. The summed E-state index contributed by atoms with van der Waals surface area (Å²) in [4.78, 5) is 0. The first-order chi connectivity index (χ1) is 12.7. The fourth-order valence-corrected chi connectivity index (χ4v) is 3.58. The van der Waals surface area contributed by atoms with Gasteiger partial charge in [0, 0.05) is 24.7 Å². The highest BCUT2D eigenvalue weighted by Gasteiger charge is 2.28. The van der Waals surface area contributed by atoms with Crippen LogP contribution in [-0.2, 0) is 4.74 Å². The van der Waals surface area contributed by atoms with Crippen molar-refractivity contribution in [2.45, 2.75) is 24.6 Å². The summed E-state index contributed by atoms with van der Waals surface area (Å²) in [6.45, 7) is 2.47. The second-order valence-electron chi connectivity index (χ2n) is 6.71. The fourth-order valence-electron chi connectivity index (χ4n) is 3.58. The van der Waals surface area contributed by atoms with Gasteiger partial charge in [-0.2, -0.15) is 5.26 Å². The predicted molar refractivity (Wildman–Crippen MR) is 95.5 cm³/mol. The number of hydrogen-bond donors (Lipinski definition) is 3. The largest absolute Gasteiger partial charge is 0.371 e. The molecule has 2 unspecified atom stereocenters. The Kier molecular flexibility index (Phi) is 4.96. The Morgan fingerprint density at radius 1 is 1.04 bits per heavy atom. The third-order valence-electron chi connectivity index (χ3n) is 5.05. The number of ether oxygens (including phenoxy) is 1. The SMILES string of the molecule is N#Cc1ccc(C2CC(c3ccc([C@H]4CNCCO4)cc3)NN2)c(F)c1. The van der Waals surface area contributed by atoms with Gasteiger partial charge in [-0.3, -0.25) is 0 Å². The maximum atomic E-state index is 14.2. The van der Waals surface area contributed by atoms with E-state index in [9.17, 15) is 4.39 Å². The first-order valence-electron chi connectivity index (χ1n) is 8.87. The second-order valence-corrected chi connectivity index (χ2v) is 6.71. The molecule has 4 rings (SSSR count). The van der Waals surface area contributed by atoms with Crippen LogP contribution >= 0.6 is 0 Å². The topological polar surface area (TPSA) is 69.1 Å². The zero-order valence-corrected chi connectivity index (χ0v) is 14.3. The molecular formula is C20H21FN4O. The monoisotopic (exact) mass is 352 g/mol. The van der Waals surface area contributed by atoms with Gasteiger partial charge < -0.3 is 10.1 Å². The lowest BCUT2D eigenvalue weighted by Gasteiger charge is -2.24. The van der Waals surface area contributed by atoms with Crippen LogP contribution in [0.2, 0.25) is 0 Å². The minimum Gasteiger partial charge on any atom is -0.371 e. The van der Waals surface area contributed by atoms with Gasteiger partial charge in [-0.25, -0.2) is 15.2 Å². The lowest BCUT2D eigenvalue weighted by molar-refractivity contribution is 0.0277. The van der Waals surface area contributed by atoms with Crippen LogP contribution < -0.4 is 16.2 Å². The van der Waals surface area contributed by atoms with Crippen LogP contribution in [0.5, 0.6) is 0 Å². The van der Waals surface area contributed by atoms with Crippen LogP contribution in [0.15, 0.2) is 42.5 Å². The number of nitriles is 1. The van der Waals surface area contributed by atoms with E-state index in [2.05, 4.69) is 40.4 Å². The van der Waals surface area contributed by atoms with Gasteiger partial charge in [-0.1, -0.05) is 30.3 Å². The summed E-state index contributed by atoms with van der Waals surface area (Å²) in [7, 11) is 0. The zero-order valence-electron chi connectivity index (χ0n) is 14.3. The van der Waals surface area contributed by atoms with Gasteiger partial charge in [0.2, 0.25) is 0 Å². The average Bonchev–Trinajstić information content (AvgIpc) is 3.18. The second kappa shape index (κ2) is 7.52. The molecule has 0 aliphatic carbocycles. The Hall–Kier alpha value is -2.30. The van der Waals surface area contributed by atoms with Crippen molar-refractivity contribution < 1.29 is 9.13 Å². The number of halogens is 1. The molecule has 2 aliphatic heterocycles. The molecule has 134 valence electrons. The first kappa shape index (κ1) is 17.1. The highest BCUT2D eigenvalue weighted by atomic mass is 19.1. The van der Waals surface area contributed by atoms with Gasteiger partial charge in [0.25, 0.3) is 0 Å². The number of benzene rings is 2. The van der Waals surface area contributed by atoms with Crippen molar-refractivity contribution in [2.75, 3.05) is 19.7 Å². The van der Waals surface area contributed by atoms with E-state index in [1.54, 1.807) is 12.1 Å². The van der Waals surface area contributed by atoms with Gasteiger partial charge in [0.1, 0.15) is 5.82 Å². The van der Waals surface area contributed by atoms with E-state index in [1.165, 1.54) is 11.6 Å². The van der Waals surface area contributed by atoms with E-state index in [1.807, 2.05) is 6.07 Å². The van der Waals surface area contributed by atoms with Crippen molar-refractivity contribution in [3.8, 4) is 6.07 Å². The highest BCUT2D eigenvalue weighted by molar-refractivity contribution is 5.35. The maximum absolute atomic E-state index is 14.2. The van der Waals surface area contributed by atoms with Gasteiger partial charge in [-0.05, 0) is 29.7 Å². The van der Waals surface area contributed by atoms with Crippen LogP contribution in [-0.4, -0.2) is 19.7 Å². The quantitative estimate of drug-likeness (QED) is 0.792. The van der Waals surface area contributed by atoms with Crippen molar-refractivity contribution in [1.29, 1.82) is 5.26 Å². The van der Waals surface area contributed by atoms with E-state index in [0.717, 1.165) is 31.7 Å². The van der Waals surface area contributed by atoms with E-state index < -0.39 is 0 Å². The summed E-state index contributed by atoms with van der Waals surface area (Å²) in [6, 6.07) is 15.0. The molecule has 0 spiro atoms. The molecule has 3 atom stereocenters. The van der Waals surface area contributed by atoms with Crippen molar-refractivity contribution >= 4 is 0 Å². The Bertz CT molecular complexity index is 812. The third-order valence-corrected chi connectivity index (χ3v) is 5.05. The van der Waals surface area contributed by atoms with Crippen LogP contribution in [0.3, 0.4) is 0 Å². The molecule has 2 aliphatic rings. The van der Waals surface area contributed by atoms with Crippen LogP contribution in [0.1, 0.15) is 46.9 Å². The molecule has 0 amide bonds. The number of nitrogens with zero attached hydrogens (tertiary/aromatic N) is 1. The molecule has 0 saturated carbocycles. The molecule has 2 heterocycles. The average molecular weight is 352 g/mol. The standard InChI is InChI=1S/C20H21FN4O/c21-17-9-13(11-22)1-6-16(17)19-10-18(24-25-19)14-2-4-15(5-3-14)20-12-23-7-8-26-20/h1-6,9,18-20,23-25H,7-8,10,12H2/t18?,19?,20-/m1/s1. The van der Waals surface area contributed by atoms with Gasteiger partial charge in [-0.15, -0.1) is 0 Å². The summed E-state index contributed by atoms with van der Waals surface area (Å²) in [5.74, 6) is -0.346. The Morgan fingerprint density at radius 3 is 2.50 bits per heavy atom. The zero-order chi connectivity index (χ0) is 17.9. The Balaban J connectivity index is 1.44. The number of nitrogens with one attached hydrogen (secondary N) is 3. The third kappa shape index (κ3) is 3.48. The molecule has 2 aromatic rings. The lowest BCUT2D eigenvalue weighted by Crippen LogP contribution is -2.33. The molecule has 0 radical (unpaired) electrons. The molecule has 5 nitrogen and oxygen atoms in total. The summed E-state index contributed by atoms with van der Waals surface area (Å²) < 4.78 is 20.0. The van der Waals surface area contributed by atoms with Crippen LogP contribution in [0.4, 0.5) is 4.39 Å². The predicted octanol–water partition coefficient (Wildman–Crippen LogP) is 2.64. The Labute approximate surface area is 152 Å². The van der Waals surface area contributed by atoms with E-state index in [-0.39, 0.29) is 24.0 Å². The van der Waals surface area contributed by atoms with Gasteiger partial charge in [0.05, 0.1) is 30.4 Å². The van der Waals surface area contributed by atoms with E-state index in [0.29, 0.717) is 11.1 Å². The molecular weight excluding hydrogens is 331 g/mol. The molecule has 6 heteroatoms. The lowest BCUT2D eigenvalue weighted by atomic mass is 9.95. The first-order valence-corrected chi connectivity index (χ1v) is 8.87. The minimum absolute atomic E-state index is 0.105. The van der Waals surface area contributed by atoms with E-state index >= 15 is 0 Å². The number of hydrogen-bond acceptors (Lipinski definition) is 5. The van der Waals surface area contributed by atoms with Gasteiger partial charge in [0.15, 0.2) is 0 Å². The molecule has 26 heavy (non-hydrogen) atoms. The van der Waals surface area contributed by atoms with E-state index in [4.69, 9.17) is 10.00 Å². The smallest absolute Gasteiger partial charge is 0.129 e. The van der Waals surface area contributed by atoms with Crippen LogP contribution in [0, 0.1) is 17.1 Å². The number of rotatable bonds is 3. The maximum Gasteiger partial charge on any atom is 0.129 e.